The Balaban J connectivity index is 1.98. The normalized spacial score (nSPS) is 35.1. The molecule has 19 heavy (non-hydrogen) atoms. The second-order valence-electron chi connectivity index (χ2n) is 4.15. The minimum atomic E-state index is -4.64. The summed E-state index contributed by atoms with van der Waals surface area (Å²) < 4.78 is 20.2. The van der Waals surface area contributed by atoms with E-state index in [2.05, 4.69) is 9.52 Å². The molecule has 0 radical (unpaired) electrons. The molecule has 10 heteroatoms. The van der Waals surface area contributed by atoms with Crippen LogP contribution in [0.2, 0.25) is 0 Å². The molecule has 1 fully saturated rings. The molecule has 2 rings (SSSR count). The average molecular weight is 294 g/mol. The van der Waals surface area contributed by atoms with Gasteiger partial charge in [0, 0.05) is 6.20 Å². The van der Waals surface area contributed by atoms with Gasteiger partial charge in [-0.25, -0.2) is 4.57 Å². The van der Waals surface area contributed by atoms with Gasteiger partial charge >= 0.3 is 7.82 Å². The topological polar surface area (TPSA) is 132 Å². The molecular weight excluding hydrogens is 279 g/mol. The Morgan fingerprint density at radius 1 is 1.42 bits per heavy atom. The predicted octanol–water partition coefficient (Wildman–Crippen LogP) is -1.60. The number of rotatable bonds is 4. The van der Waals surface area contributed by atoms with E-state index in [9.17, 15) is 14.8 Å². The molecule has 0 unspecified atom stereocenters. The summed E-state index contributed by atoms with van der Waals surface area (Å²) >= 11 is 0. The molecule has 0 aromatic heterocycles. The molecule has 0 saturated carbocycles. The van der Waals surface area contributed by atoms with Crippen molar-refractivity contribution in [2.75, 3.05) is 13.2 Å². The Kier molecular flexibility index (Phi) is 4.36. The highest BCUT2D eigenvalue weighted by atomic mass is 31.2. The number of phosphoric ester groups is 1. The summed E-state index contributed by atoms with van der Waals surface area (Å²) in [6.07, 6.45) is 0.381. The number of ether oxygens (including phenoxy) is 1. The average Bonchev–Trinajstić information content (AvgIpc) is 2.64. The summed E-state index contributed by atoms with van der Waals surface area (Å²) in [6, 6.07) is 0. The minimum Gasteiger partial charge on any atom is -0.387 e. The lowest BCUT2D eigenvalue weighted by atomic mass is 10.1. The largest absolute Gasteiger partial charge is 0.469 e. The monoisotopic (exact) mass is 294 g/mol. The van der Waals surface area contributed by atoms with Crippen molar-refractivity contribution in [3.8, 4) is 0 Å². The quantitative estimate of drug-likeness (QED) is 0.456. The first kappa shape index (κ1) is 14.6. The van der Waals surface area contributed by atoms with E-state index in [1.807, 2.05) is 0 Å². The maximum atomic E-state index is 10.6. The Bertz CT molecular complexity index is 411. The van der Waals surface area contributed by atoms with Crippen LogP contribution in [0.15, 0.2) is 17.3 Å². The van der Waals surface area contributed by atoms with Crippen LogP contribution in [0.5, 0.6) is 0 Å². The second-order valence-corrected chi connectivity index (χ2v) is 5.38. The van der Waals surface area contributed by atoms with Gasteiger partial charge in [0.15, 0.2) is 6.23 Å². The van der Waals surface area contributed by atoms with E-state index in [4.69, 9.17) is 14.5 Å². The first-order chi connectivity index (χ1) is 8.88. The highest BCUT2D eigenvalue weighted by Gasteiger charge is 2.45. The van der Waals surface area contributed by atoms with Crippen molar-refractivity contribution < 1.29 is 33.8 Å². The summed E-state index contributed by atoms with van der Waals surface area (Å²) in [5, 5.41) is 19.6. The number of nitrogens with zero attached hydrogens (tertiary/aromatic N) is 2. The number of aliphatic imine (C=N–C) groups is 1. The molecule has 1 saturated heterocycles. The van der Waals surface area contributed by atoms with E-state index in [-0.39, 0.29) is 0 Å². The SMILES string of the molecule is O=P(O)(O)OC[C@H]1O[C@@H](N2C=CCN=C2)[C@H](O)[C@@H]1O. The van der Waals surface area contributed by atoms with Crippen LogP contribution in [0.3, 0.4) is 0 Å². The lowest BCUT2D eigenvalue weighted by molar-refractivity contribution is -0.0566. The molecule has 108 valence electrons. The zero-order valence-corrected chi connectivity index (χ0v) is 10.7. The van der Waals surface area contributed by atoms with E-state index in [1.54, 1.807) is 12.3 Å². The van der Waals surface area contributed by atoms with Crippen LogP contribution in [0, 0.1) is 0 Å². The van der Waals surface area contributed by atoms with Gasteiger partial charge in [0.2, 0.25) is 0 Å². The maximum absolute atomic E-state index is 10.6. The fraction of sp³-hybridized carbons (Fsp3) is 0.667. The van der Waals surface area contributed by atoms with Crippen LogP contribution in [0.1, 0.15) is 0 Å². The lowest BCUT2D eigenvalue weighted by Gasteiger charge is -2.26. The molecule has 4 N–H and O–H groups in total. The van der Waals surface area contributed by atoms with E-state index in [0.29, 0.717) is 6.54 Å². The third kappa shape index (κ3) is 3.61. The van der Waals surface area contributed by atoms with Crippen LogP contribution in [-0.2, 0) is 13.8 Å². The number of aliphatic hydroxyl groups is 2. The van der Waals surface area contributed by atoms with Gasteiger partial charge in [-0.15, -0.1) is 0 Å². The summed E-state index contributed by atoms with van der Waals surface area (Å²) in [5.74, 6) is 0. The molecule has 2 heterocycles. The van der Waals surface area contributed by atoms with Crippen LogP contribution in [0.25, 0.3) is 0 Å². The number of hydrogen-bond acceptors (Lipinski definition) is 7. The Morgan fingerprint density at radius 2 is 2.16 bits per heavy atom. The van der Waals surface area contributed by atoms with Crippen molar-refractivity contribution in [3.63, 3.8) is 0 Å². The second kappa shape index (κ2) is 5.68. The van der Waals surface area contributed by atoms with Gasteiger partial charge in [-0.2, -0.15) is 0 Å². The van der Waals surface area contributed by atoms with Crippen molar-refractivity contribution >= 4 is 14.2 Å². The highest BCUT2D eigenvalue weighted by molar-refractivity contribution is 7.46. The van der Waals surface area contributed by atoms with E-state index < -0.39 is 39.0 Å². The zero-order chi connectivity index (χ0) is 14.0. The third-order valence-electron chi connectivity index (χ3n) is 2.74. The van der Waals surface area contributed by atoms with Crippen molar-refractivity contribution in [2.24, 2.45) is 4.99 Å². The van der Waals surface area contributed by atoms with Gasteiger partial charge in [-0.1, -0.05) is 0 Å². The van der Waals surface area contributed by atoms with Crippen molar-refractivity contribution in [2.45, 2.75) is 24.5 Å². The van der Waals surface area contributed by atoms with Crippen LogP contribution < -0.4 is 0 Å². The molecule has 4 atom stereocenters. The van der Waals surface area contributed by atoms with Gasteiger partial charge in [-0.3, -0.25) is 9.52 Å². The van der Waals surface area contributed by atoms with E-state index >= 15 is 0 Å². The zero-order valence-electron chi connectivity index (χ0n) is 9.81. The van der Waals surface area contributed by atoms with E-state index in [1.165, 1.54) is 11.2 Å². The van der Waals surface area contributed by atoms with Crippen molar-refractivity contribution in [1.82, 2.24) is 4.90 Å². The van der Waals surface area contributed by atoms with Crippen molar-refractivity contribution in [1.29, 1.82) is 0 Å². The molecule has 0 bridgehead atoms. The molecule has 0 spiro atoms. The molecule has 0 aliphatic carbocycles. The Morgan fingerprint density at radius 3 is 2.74 bits per heavy atom. The number of hydrogen-bond donors (Lipinski definition) is 4. The molecule has 9 nitrogen and oxygen atoms in total. The van der Waals surface area contributed by atoms with Crippen LogP contribution >= 0.6 is 7.82 Å². The fourth-order valence-corrected chi connectivity index (χ4v) is 2.19. The summed E-state index contributed by atoms with van der Waals surface area (Å²) in [5.41, 5.74) is 0. The molecule has 0 aromatic carbocycles. The van der Waals surface area contributed by atoms with Gasteiger partial charge < -0.3 is 29.6 Å². The number of phosphoric acid groups is 1. The van der Waals surface area contributed by atoms with Gasteiger partial charge in [-0.05, 0) is 6.08 Å². The Labute approximate surface area is 109 Å². The molecule has 0 amide bonds. The summed E-state index contributed by atoms with van der Waals surface area (Å²) in [4.78, 5) is 22.6. The standard InChI is InChI=1S/C9H15N2O7P/c12-7-6(4-17-19(14,15)16)18-9(8(7)13)11-3-1-2-10-5-11/h1,3,5-9,12-13H,2,4H2,(H2,14,15,16)/t6-,7-,8-,9-/m1/s1. The van der Waals surface area contributed by atoms with Gasteiger partial charge in [0.1, 0.15) is 18.3 Å². The molecular formula is C9H15N2O7P. The highest BCUT2D eigenvalue weighted by Crippen LogP contribution is 2.37. The fourth-order valence-electron chi connectivity index (χ4n) is 1.84. The third-order valence-corrected chi connectivity index (χ3v) is 3.23. The summed E-state index contributed by atoms with van der Waals surface area (Å²) in [7, 11) is -4.64. The van der Waals surface area contributed by atoms with Crippen LogP contribution in [-0.4, -0.2) is 68.9 Å². The smallest absolute Gasteiger partial charge is 0.387 e. The molecule has 2 aliphatic heterocycles. The molecule has 2 aliphatic rings. The first-order valence-electron chi connectivity index (χ1n) is 5.54. The predicted molar refractivity (Wildman–Crippen MR) is 63.0 cm³/mol. The van der Waals surface area contributed by atoms with E-state index in [0.717, 1.165) is 0 Å². The first-order valence-corrected chi connectivity index (χ1v) is 7.07. The van der Waals surface area contributed by atoms with Crippen LogP contribution in [0.4, 0.5) is 0 Å². The molecule has 0 aromatic rings. The Hall–Kier alpha value is -0.800. The van der Waals surface area contributed by atoms with Crippen molar-refractivity contribution in [3.05, 3.63) is 12.3 Å². The maximum Gasteiger partial charge on any atom is 0.469 e. The number of aliphatic hydroxyl groups excluding tert-OH is 2. The summed E-state index contributed by atoms with van der Waals surface area (Å²) in [6.45, 7) is 0.000314. The van der Waals surface area contributed by atoms with Gasteiger partial charge in [0.25, 0.3) is 0 Å². The lowest BCUT2D eigenvalue weighted by Crippen LogP contribution is -2.41. The van der Waals surface area contributed by atoms with Gasteiger partial charge in [0.05, 0.1) is 19.5 Å². The minimum absolute atomic E-state index is 0.520.